The van der Waals surface area contributed by atoms with Gasteiger partial charge in [0.1, 0.15) is 5.54 Å². The lowest BCUT2D eigenvalue weighted by Crippen LogP contribution is -2.58. The van der Waals surface area contributed by atoms with Crippen molar-refractivity contribution in [3.05, 3.63) is 0 Å². The van der Waals surface area contributed by atoms with E-state index in [9.17, 15) is 14.7 Å². The molecule has 1 fully saturated rings. The van der Waals surface area contributed by atoms with Crippen molar-refractivity contribution in [3.8, 4) is 0 Å². The Hall–Kier alpha value is -1.30. The van der Waals surface area contributed by atoms with Gasteiger partial charge in [-0.3, -0.25) is 0 Å². The molecule has 1 aliphatic carbocycles. The lowest BCUT2D eigenvalue weighted by Gasteiger charge is -2.34. The summed E-state index contributed by atoms with van der Waals surface area (Å²) in [6.07, 6.45) is 3.61. The molecule has 1 atom stereocenters. The third kappa shape index (κ3) is 4.70. The molecular formula is C13H24N2O4. The molecule has 1 rings (SSSR count). The Labute approximate surface area is 113 Å². The van der Waals surface area contributed by atoms with Crippen molar-refractivity contribution in [2.45, 2.75) is 57.6 Å². The highest BCUT2D eigenvalue weighted by Gasteiger charge is 2.40. The van der Waals surface area contributed by atoms with Crippen molar-refractivity contribution in [3.63, 3.8) is 0 Å². The molecule has 1 unspecified atom stereocenters. The first-order valence-corrected chi connectivity index (χ1v) is 6.91. The zero-order valence-electron chi connectivity index (χ0n) is 11.7. The standard InChI is InChI=1S/C13H24N2O4/c1-3-19-10(2)9-14-12(18)15-13(11(16)17)7-5-4-6-8-13/h10H,3-9H2,1-2H3,(H,16,17)(H2,14,15,18). The summed E-state index contributed by atoms with van der Waals surface area (Å²) >= 11 is 0. The number of ether oxygens (including phenoxy) is 1. The molecule has 3 N–H and O–H groups in total. The van der Waals surface area contributed by atoms with Crippen molar-refractivity contribution >= 4 is 12.0 Å². The van der Waals surface area contributed by atoms with Gasteiger partial charge in [-0.25, -0.2) is 9.59 Å². The molecule has 1 aliphatic rings. The van der Waals surface area contributed by atoms with Crippen LogP contribution >= 0.6 is 0 Å². The number of carboxylic acids is 1. The van der Waals surface area contributed by atoms with Crippen LogP contribution in [-0.4, -0.2) is 41.9 Å². The second kappa shape index (κ2) is 7.33. The van der Waals surface area contributed by atoms with Gasteiger partial charge in [0.05, 0.1) is 6.10 Å². The third-order valence-electron chi connectivity index (χ3n) is 3.47. The van der Waals surface area contributed by atoms with Crippen LogP contribution in [0.15, 0.2) is 0 Å². The molecule has 0 bridgehead atoms. The Bertz CT molecular complexity index is 314. The maximum atomic E-state index is 11.8. The monoisotopic (exact) mass is 272 g/mol. The maximum absolute atomic E-state index is 11.8. The molecule has 1 saturated carbocycles. The van der Waals surface area contributed by atoms with E-state index in [1.54, 1.807) is 0 Å². The first kappa shape index (κ1) is 15.8. The highest BCUT2D eigenvalue weighted by atomic mass is 16.5. The quantitative estimate of drug-likeness (QED) is 0.683. The van der Waals surface area contributed by atoms with Gasteiger partial charge in [-0.1, -0.05) is 19.3 Å². The van der Waals surface area contributed by atoms with Crippen LogP contribution in [0.1, 0.15) is 46.0 Å². The van der Waals surface area contributed by atoms with E-state index < -0.39 is 17.5 Å². The minimum absolute atomic E-state index is 0.0807. The largest absolute Gasteiger partial charge is 0.480 e. The molecular weight excluding hydrogens is 248 g/mol. The van der Waals surface area contributed by atoms with Gasteiger partial charge in [0.15, 0.2) is 0 Å². The second-order valence-corrected chi connectivity index (χ2v) is 5.05. The van der Waals surface area contributed by atoms with Crippen molar-refractivity contribution in [2.24, 2.45) is 0 Å². The minimum atomic E-state index is -1.10. The van der Waals surface area contributed by atoms with Crippen molar-refractivity contribution in [1.29, 1.82) is 0 Å². The van der Waals surface area contributed by atoms with Gasteiger partial charge < -0.3 is 20.5 Å². The van der Waals surface area contributed by atoms with Gasteiger partial charge >= 0.3 is 12.0 Å². The summed E-state index contributed by atoms with van der Waals surface area (Å²) in [7, 11) is 0. The smallest absolute Gasteiger partial charge is 0.329 e. The van der Waals surface area contributed by atoms with Crippen LogP contribution in [-0.2, 0) is 9.53 Å². The van der Waals surface area contributed by atoms with Gasteiger partial charge in [-0.15, -0.1) is 0 Å². The molecule has 0 saturated heterocycles. The molecule has 0 aromatic heterocycles. The van der Waals surface area contributed by atoms with Crippen LogP contribution in [0, 0.1) is 0 Å². The first-order chi connectivity index (χ1) is 9.00. The molecule has 6 nitrogen and oxygen atoms in total. The van der Waals surface area contributed by atoms with Crippen molar-refractivity contribution in [1.82, 2.24) is 10.6 Å². The third-order valence-corrected chi connectivity index (χ3v) is 3.47. The molecule has 110 valence electrons. The number of carboxylic acid groups (broad SMARTS) is 1. The minimum Gasteiger partial charge on any atom is -0.480 e. The fourth-order valence-corrected chi connectivity index (χ4v) is 2.39. The van der Waals surface area contributed by atoms with E-state index in [0.29, 0.717) is 26.0 Å². The van der Waals surface area contributed by atoms with Crippen LogP contribution in [0.3, 0.4) is 0 Å². The van der Waals surface area contributed by atoms with Crippen LogP contribution in [0.25, 0.3) is 0 Å². The number of carbonyl (C=O) groups is 2. The molecule has 6 heteroatoms. The molecule has 0 heterocycles. The Morgan fingerprint density at radius 1 is 1.32 bits per heavy atom. The van der Waals surface area contributed by atoms with Crippen LogP contribution in [0.5, 0.6) is 0 Å². The molecule has 0 spiro atoms. The van der Waals surface area contributed by atoms with E-state index in [4.69, 9.17) is 4.74 Å². The Kier molecular flexibility index (Phi) is 6.08. The van der Waals surface area contributed by atoms with E-state index in [2.05, 4.69) is 10.6 Å². The normalized spacial score (nSPS) is 19.5. The molecule has 0 aliphatic heterocycles. The average molecular weight is 272 g/mol. The van der Waals surface area contributed by atoms with Gasteiger partial charge in [0.25, 0.3) is 0 Å². The number of carbonyl (C=O) groups excluding carboxylic acids is 1. The van der Waals surface area contributed by atoms with Crippen LogP contribution in [0.2, 0.25) is 0 Å². The second-order valence-electron chi connectivity index (χ2n) is 5.05. The predicted molar refractivity (Wildman–Crippen MR) is 71.1 cm³/mol. The van der Waals surface area contributed by atoms with E-state index in [0.717, 1.165) is 19.3 Å². The predicted octanol–water partition coefficient (Wildman–Crippen LogP) is 1.50. The van der Waals surface area contributed by atoms with Gasteiger partial charge in [-0.05, 0) is 26.7 Å². The summed E-state index contributed by atoms with van der Waals surface area (Å²) in [5.74, 6) is -0.944. The summed E-state index contributed by atoms with van der Waals surface area (Å²) in [5, 5.41) is 14.6. The summed E-state index contributed by atoms with van der Waals surface area (Å²) in [4.78, 5) is 23.2. The number of hydrogen-bond acceptors (Lipinski definition) is 3. The van der Waals surface area contributed by atoms with Gasteiger partial charge in [0, 0.05) is 13.2 Å². The fraction of sp³-hybridized carbons (Fsp3) is 0.846. The molecule has 2 amide bonds. The molecule has 0 radical (unpaired) electrons. The number of hydrogen-bond donors (Lipinski definition) is 3. The highest BCUT2D eigenvalue weighted by molar-refractivity contribution is 5.86. The van der Waals surface area contributed by atoms with Crippen molar-refractivity contribution < 1.29 is 19.4 Å². The summed E-state index contributed by atoms with van der Waals surface area (Å²) in [6, 6.07) is -0.434. The number of amides is 2. The average Bonchev–Trinajstić information content (AvgIpc) is 2.38. The Morgan fingerprint density at radius 3 is 2.47 bits per heavy atom. The molecule has 0 aromatic carbocycles. The Morgan fingerprint density at radius 2 is 1.95 bits per heavy atom. The lowest BCUT2D eigenvalue weighted by atomic mass is 9.82. The first-order valence-electron chi connectivity index (χ1n) is 6.91. The van der Waals surface area contributed by atoms with E-state index >= 15 is 0 Å². The maximum Gasteiger partial charge on any atom is 0.329 e. The van der Waals surface area contributed by atoms with Gasteiger partial charge in [-0.2, -0.15) is 0 Å². The summed E-state index contributed by atoms with van der Waals surface area (Å²) < 4.78 is 5.30. The number of aliphatic carboxylic acids is 1. The Balaban J connectivity index is 2.46. The summed E-state index contributed by atoms with van der Waals surface area (Å²) in [5.41, 5.74) is -1.10. The van der Waals surface area contributed by atoms with E-state index in [1.165, 1.54) is 0 Å². The molecule has 19 heavy (non-hydrogen) atoms. The molecule has 0 aromatic rings. The van der Waals surface area contributed by atoms with Crippen molar-refractivity contribution in [2.75, 3.05) is 13.2 Å². The summed E-state index contributed by atoms with van der Waals surface area (Å²) in [6.45, 7) is 4.70. The van der Waals surface area contributed by atoms with E-state index in [1.807, 2.05) is 13.8 Å². The van der Waals surface area contributed by atoms with Gasteiger partial charge in [0.2, 0.25) is 0 Å². The number of urea groups is 1. The zero-order valence-corrected chi connectivity index (χ0v) is 11.7. The lowest BCUT2D eigenvalue weighted by molar-refractivity contribution is -0.145. The number of rotatable bonds is 6. The van der Waals surface area contributed by atoms with Crippen LogP contribution < -0.4 is 10.6 Å². The SMILES string of the molecule is CCOC(C)CNC(=O)NC1(C(=O)O)CCCCC1. The zero-order chi connectivity index (χ0) is 14.3. The highest BCUT2D eigenvalue weighted by Crippen LogP contribution is 2.28. The number of nitrogens with one attached hydrogen (secondary N) is 2. The van der Waals surface area contributed by atoms with E-state index in [-0.39, 0.29) is 6.10 Å². The van der Waals surface area contributed by atoms with Crippen LogP contribution in [0.4, 0.5) is 4.79 Å². The fourth-order valence-electron chi connectivity index (χ4n) is 2.39. The topological polar surface area (TPSA) is 87.7 Å².